The van der Waals surface area contributed by atoms with E-state index in [1.54, 1.807) is 19.9 Å². The van der Waals surface area contributed by atoms with Gasteiger partial charge in [0.15, 0.2) is 0 Å². The molecule has 0 aliphatic heterocycles. The van der Waals surface area contributed by atoms with Gasteiger partial charge in [-0.15, -0.1) is 0 Å². The van der Waals surface area contributed by atoms with E-state index in [0.29, 0.717) is 29.9 Å². The van der Waals surface area contributed by atoms with E-state index in [4.69, 9.17) is 9.47 Å². The standard InChI is InChI=1S/C15H21NO5/c1-4-5-20-15-12(17)8-14(15)21-13-7-9(2)11(16(18)19)6-10(13)3/h6-7,12,14-15,17H,4-5,8H2,1-3H3. The molecule has 1 aromatic rings. The molecule has 6 nitrogen and oxygen atoms in total. The van der Waals surface area contributed by atoms with Gasteiger partial charge in [0.05, 0.1) is 11.0 Å². The Bertz CT molecular complexity index is 531. The highest BCUT2D eigenvalue weighted by molar-refractivity contribution is 5.49. The van der Waals surface area contributed by atoms with Crippen LogP contribution in [0.5, 0.6) is 5.75 Å². The first kappa shape index (κ1) is 15.7. The number of hydrogen-bond acceptors (Lipinski definition) is 5. The van der Waals surface area contributed by atoms with Gasteiger partial charge < -0.3 is 14.6 Å². The van der Waals surface area contributed by atoms with Crippen molar-refractivity contribution in [1.82, 2.24) is 0 Å². The molecule has 6 heteroatoms. The topological polar surface area (TPSA) is 81.8 Å². The third kappa shape index (κ3) is 3.33. The van der Waals surface area contributed by atoms with Crippen molar-refractivity contribution in [3.63, 3.8) is 0 Å². The molecular formula is C15H21NO5. The predicted molar refractivity (Wildman–Crippen MR) is 77.6 cm³/mol. The number of ether oxygens (including phenoxy) is 2. The number of nitro benzene ring substituents is 1. The van der Waals surface area contributed by atoms with Gasteiger partial charge in [0.2, 0.25) is 0 Å². The number of rotatable bonds is 6. The summed E-state index contributed by atoms with van der Waals surface area (Å²) < 4.78 is 11.4. The van der Waals surface area contributed by atoms with E-state index in [-0.39, 0.29) is 17.9 Å². The summed E-state index contributed by atoms with van der Waals surface area (Å²) in [4.78, 5) is 10.5. The van der Waals surface area contributed by atoms with Crippen LogP contribution in [0.15, 0.2) is 12.1 Å². The van der Waals surface area contributed by atoms with Crippen LogP contribution in [0.1, 0.15) is 30.9 Å². The molecule has 0 bridgehead atoms. The molecule has 1 fully saturated rings. The van der Waals surface area contributed by atoms with Gasteiger partial charge in [-0.3, -0.25) is 10.1 Å². The lowest BCUT2D eigenvalue weighted by atomic mass is 9.88. The Morgan fingerprint density at radius 2 is 2.10 bits per heavy atom. The largest absolute Gasteiger partial charge is 0.487 e. The number of aryl methyl sites for hydroxylation is 2. The van der Waals surface area contributed by atoms with Gasteiger partial charge in [0.25, 0.3) is 5.69 Å². The van der Waals surface area contributed by atoms with Crippen LogP contribution >= 0.6 is 0 Å². The number of nitrogens with zero attached hydrogens (tertiary/aromatic N) is 1. The van der Waals surface area contributed by atoms with Crippen molar-refractivity contribution >= 4 is 5.69 Å². The summed E-state index contributed by atoms with van der Waals surface area (Å²) in [5, 5.41) is 20.6. The van der Waals surface area contributed by atoms with E-state index in [1.807, 2.05) is 6.92 Å². The van der Waals surface area contributed by atoms with Gasteiger partial charge >= 0.3 is 0 Å². The minimum Gasteiger partial charge on any atom is -0.487 e. The minimum atomic E-state index is -0.499. The Hall–Kier alpha value is -1.66. The van der Waals surface area contributed by atoms with E-state index >= 15 is 0 Å². The van der Waals surface area contributed by atoms with Crippen molar-refractivity contribution in [1.29, 1.82) is 0 Å². The normalized spacial score (nSPS) is 24.5. The first-order valence-electron chi connectivity index (χ1n) is 7.16. The molecule has 21 heavy (non-hydrogen) atoms. The number of nitro groups is 1. The van der Waals surface area contributed by atoms with Crippen LogP contribution in [0.4, 0.5) is 5.69 Å². The summed E-state index contributed by atoms with van der Waals surface area (Å²) >= 11 is 0. The maximum Gasteiger partial charge on any atom is 0.272 e. The van der Waals surface area contributed by atoms with Crippen molar-refractivity contribution in [2.24, 2.45) is 0 Å². The highest BCUT2D eigenvalue weighted by Gasteiger charge is 2.43. The molecule has 1 saturated carbocycles. The molecule has 0 radical (unpaired) electrons. The Balaban J connectivity index is 2.09. The lowest BCUT2D eigenvalue weighted by molar-refractivity contribution is -0.385. The molecule has 1 N–H and O–H groups in total. The van der Waals surface area contributed by atoms with E-state index in [0.717, 1.165) is 6.42 Å². The molecule has 1 aromatic carbocycles. The lowest BCUT2D eigenvalue weighted by Gasteiger charge is -2.41. The summed E-state index contributed by atoms with van der Waals surface area (Å²) in [7, 11) is 0. The second-order valence-electron chi connectivity index (χ2n) is 5.46. The molecule has 1 aliphatic rings. The van der Waals surface area contributed by atoms with Crippen molar-refractivity contribution in [3.05, 3.63) is 33.4 Å². The summed E-state index contributed by atoms with van der Waals surface area (Å²) in [5.41, 5.74) is 1.36. The van der Waals surface area contributed by atoms with Crippen molar-refractivity contribution in [3.8, 4) is 5.75 Å². The first-order valence-corrected chi connectivity index (χ1v) is 7.16. The Labute approximate surface area is 123 Å². The van der Waals surface area contributed by atoms with E-state index < -0.39 is 11.0 Å². The smallest absolute Gasteiger partial charge is 0.272 e. The number of aliphatic hydroxyl groups is 1. The van der Waals surface area contributed by atoms with Crippen molar-refractivity contribution in [2.75, 3.05) is 6.61 Å². The number of aliphatic hydroxyl groups excluding tert-OH is 1. The minimum absolute atomic E-state index is 0.0901. The van der Waals surface area contributed by atoms with E-state index in [2.05, 4.69) is 0 Å². The van der Waals surface area contributed by atoms with E-state index in [9.17, 15) is 15.2 Å². The van der Waals surface area contributed by atoms with Gasteiger partial charge in [-0.05, 0) is 31.9 Å². The van der Waals surface area contributed by atoms with Gasteiger partial charge in [-0.1, -0.05) is 6.92 Å². The third-order valence-electron chi connectivity index (χ3n) is 3.70. The molecule has 3 atom stereocenters. The van der Waals surface area contributed by atoms with Gasteiger partial charge in [-0.2, -0.15) is 0 Å². The highest BCUT2D eigenvalue weighted by Crippen LogP contribution is 2.33. The summed E-state index contributed by atoms with van der Waals surface area (Å²) in [6, 6.07) is 3.19. The molecule has 3 unspecified atom stereocenters. The van der Waals surface area contributed by atoms with E-state index in [1.165, 1.54) is 6.07 Å². The predicted octanol–water partition coefficient (Wildman–Crippen LogP) is 2.52. The zero-order valence-corrected chi connectivity index (χ0v) is 12.5. The summed E-state index contributed by atoms with van der Waals surface area (Å²) in [6.45, 7) is 6.05. The molecule has 116 valence electrons. The molecular weight excluding hydrogens is 274 g/mol. The van der Waals surface area contributed by atoms with Crippen molar-refractivity contribution < 1.29 is 19.5 Å². The van der Waals surface area contributed by atoms with Crippen LogP contribution in [0.25, 0.3) is 0 Å². The quantitative estimate of drug-likeness (QED) is 0.644. The second kappa shape index (κ2) is 6.41. The maximum atomic E-state index is 10.9. The average molecular weight is 295 g/mol. The van der Waals surface area contributed by atoms with Crippen molar-refractivity contribution in [2.45, 2.75) is 51.9 Å². The molecule has 0 amide bonds. The fourth-order valence-corrected chi connectivity index (χ4v) is 2.41. The first-order chi connectivity index (χ1) is 9.93. The van der Waals surface area contributed by atoms with Gasteiger partial charge in [-0.25, -0.2) is 0 Å². The third-order valence-corrected chi connectivity index (χ3v) is 3.70. The molecule has 0 spiro atoms. The Morgan fingerprint density at radius 1 is 1.38 bits per heavy atom. The maximum absolute atomic E-state index is 10.9. The Kier molecular flexibility index (Phi) is 4.80. The van der Waals surface area contributed by atoms with Crippen LogP contribution in [-0.2, 0) is 4.74 Å². The second-order valence-corrected chi connectivity index (χ2v) is 5.46. The molecule has 1 aliphatic carbocycles. The lowest BCUT2D eigenvalue weighted by Crippen LogP contribution is -2.55. The SMILES string of the molecule is CCCOC1C(O)CC1Oc1cc(C)c([N+](=O)[O-])cc1C. The molecule has 0 saturated heterocycles. The Morgan fingerprint density at radius 3 is 2.67 bits per heavy atom. The zero-order chi connectivity index (χ0) is 15.6. The fraction of sp³-hybridized carbons (Fsp3) is 0.600. The molecule has 0 heterocycles. The molecule has 0 aromatic heterocycles. The number of benzene rings is 1. The highest BCUT2D eigenvalue weighted by atomic mass is 16.6. The average Bonchev–Trinajstić information content (AvgIpc) is 2.41. The van der Waals surface area contributed by atoms with Crippen LogP contribution in [0.3, 0.4) is 0 Å². The summed E-state index contributed by atoms with van der Waals surface area (Å²) in [5.74, 6) is 0.611. The van der Waals surface area contributed by atoms with Gasteiger partial charge in [0.1, 0.15) is 18.0 Å². The fourth-order valence-electron chi connectivity index (χ4n) is 2.41. The van der Waals surface area contributed by atoms with Crippen LogP contribution in [0.2, 0.25) is 0 Å². The molecule has 2 rings (SSSR count). The van der Waals surface area contributed by atoms with Gasteiger partial charge in [0, 0.05) is 24.7 Å². The number of hydrogen-bond donors (Lipinski definition) is 1. The monoisotopic (exact) mass is 295 g/mol. The summed E-state index contributed by atoms with van der Waals surface area (Å²) in [6.07, 6.45) is 0.377. The van der Waals surface area contributed by atoms with Crippen LogP contribution in [0, 0.1) is 24.0 Å². The van der Waals surface area contributed by atoms with Crippen LogP contribution < -0.4 is 4.74 Å². The zero-order valence-electron chi connectivity index (χ0n) is 12.5. The van der Waals surface area contributed by atoms with Crippen LogP contribution in [-0.4, -0.2) is 34.9 Å².